The summed E-state index contributed by atoms with van der Waals surface area (Å²) in [6.45, 7) is 6.60. The normalized spacial score (nSPS) is 22.5. The quantitative estimate of drug-likeness (QED) is 0.782. The van der Waals surface area contributed by atoms with Gasteiger partial charge in [-0.25, -0.2) is 0 Å². The van der Waals surface area contributed by atoms with E-state index in [1.165, 1.54) is 6.92 Å². The summed E-state index contributed by atoms with van der Waals surface area (Å²) in [6.07, 6.45) is 4.40. The minimum Gasteiger partial charge on any atom is -0.377 e. The van der Waals surface area contributed by atoms with E-state index in [0.717, 1.165) is 52.2 Å². The molecular weight excluding hydrogens is 294 g/mol. The van der Waals surface area contributed by atoms with Gasteiger partial charge >= 0.3 is 0 Å². The molecule has 2 fully saturated rings. The van der Waals surface area contributed by atoms with Crippen molar-refractivity contribution in [2.24, 2.45) is 7.05 Å². The van der Waals surface area contributed by atoms with Gasteiger partial charge in [0, 0.05) is 58.1 Å². The fourth-order valence-corrected chi connectivity index (χ4v) is 3.34. The Labute approximate surface area is 137 Å². The number of hydrogen-bond acceptors (Lipinski definition) is 4. The average molecular weight is 319 g/mol. The van der Waals surface area contributed by atoms with Crippen LogP contribution in [0.25, 0.3) is 0 Å². The van der Waals surface area contributed by atoms with E-state index in [9.17, 15) is 9.59 Å². The third-order valence-electron chi connectivity index (χ3n) is 4.78. The topological polar surface area (TPSA) is 54.8 Å². The number of rotatable bonds is 4. The number of piperazine rings is 1. The fourth-order valence-electron chi connectivity index (χ4n) is 3.34. The number of nitrogens with zero attached hydrogens (tertiary/aromatic N) is 3. The van der Waals surface area contributed by atoms with Crippen LogP contribution in [0.1, 0.15) is 40.6 Å². The van der Waals surface area contributed by atoms with Crippen LogP contribution in [0.5, 0.6) is 0 Å². The Morgan fingerprint density at radius 1 is 1.26 bits per heavy atom. The summed E-state index contributed by atoms with van der Waals surface area (Å²) in [7, 11) is 1.81. The van der Waals surface area contributed by atoms with Crippen LogP contribution in [-0.4, -0.2) is 71.5 Å². The Bertz CT molecular complexity index is 582. The molecule has 6 nitrogen and oxygen atoms in total. The van der Waals surface area contributed by atoms with E-state index in [1.54, 1.807) is 16.8 Å². The maximum absolute atomic E-state index is 12.7. The molecule has 0 radical (unpaired) electrons. The summed E-state index contributed by atoms with van der Waals surface area (Å²) in [5.41, 5.74) is 1.18. The van der Waals surface area contributed by atoms with Crippen molar-refractivity contribution in [3.8, 4) is 0 Å². The number of ether oxygens (including phenoxy) is 1. The lowest BCUT2D eigenvalue weighted by Crippen LogP contribution is -2.50. The molecule has 3 rings (SSSR count). The Morgan fingerprint density at radius 2 is 2.00 bits per heavy atom. The lowest BCUT2D eigenvalue weighted by atomic mass is 10.2. The smallest absolute Gasteiger partial charge is 0.270 e. The van der Waals surface area contributed by atoms with Crippen LogP contribution in [0.3, 0.4) is 0 Å². The molecule has 0 saturated carbocycles. The third-order valence-corrected chi connectivity index (χ3v) is 4.78. The zero-order chi connectivity index (χ0) is 16.4. The van der Waals surface area contributed by atoms with Crippen LogP contribution in [0.15, 0.2) is 12.3 Å². The van der Waals surface area contributed by atoms with Gasteiger partial charge in [-0.05, 0) is 25.8 Å². The van der Waals surface area contributed by atoms with Crippen molar-refractivity contribution in [1.82, 2.24) is 14.4 Å². The highest BCUT2D eigenvalue weighted by atomic mass is 16.5. The van der Waals surface area contributed by atoms with E-state index < -0.39 is 0 Å². The Kier molecular flexibility index (Phi) is 4.82. The third kappa shape index (κ3) is 3.64. The van der Waals surface area contributed by atoms with Crippen molar-refractivity contribution >= 4 is 11.7 Å². The summed E-state index contributed by atoms with van der Waals surface area (Å²) in [5, 5.41) is 0. The standard InChI is InChI=1S/C17H25N3O3/c1-13(21)14-10-16(18(2)11-14)17(22)20-7-5-19(6-8-20)12-15-4-3-9-23-15/h10-11,15H,3-9,12H2,1-2H3/t15-/m1/s1. The Morgan fingerprint density at radius 3 is 2.57 bits per heavy atom. The monoisotopic (exact) mass is 319 g/mol. The number of amides is 1. The molecule has 1 aromatic rings. The van der Waals surface area contributed by atoms with Crippen molar-refractivity contribution in [3.05, 3.63) is 23.5 Å². The molecule has 1 amide bonds. The summed E-state index contributed by atoms with van der Waals surface area (Å²) < 4.78 is 7.43. The minimum atomic E-state index is -0.0129. The summed E-state index contributed by atoms with van der Waals surface area (Å²) in [5.74, 6) is -0.00204. The lowest BCUT2D eigenvalue weighted by molar-refractivity contribution is 0.0428. The molecule has 23 heavy (non-hydrogen) atoms. The molecule has 1 atom stereocenters. The van der Waals surface area contributed by atoms with Crippen molar-refractivity contribution in [2.45, 2.75) is 25.9 Å². The van der Waals surface area contributed by atoms with E-state index in [1.807, 2.05) is 11.9 Å². The largest absolute Gasteiger partial charge is 0.377 e. The highest BCUT2D eigenvalue weighted by Gasteiger charge is 2.26. The molecule has 126 valence electrons. The maximum Gasteiger partial charge on any atom is 0.270 e. The van der Waals surface area contributed by atoms with E-state index in [-0.39, 0.29) is 11.7 Å². The van der Waals surface area contributed by atoms with Crippen LogP contribution >= 0.6 is 0 Å². The van der Waals surface area contributed by atoms with Gasteiger partial charge in [0.2, 0.25) is 0 Å². The lowest BCUT2D eigenvalue weighted by Gasteiger charge is -2.35. The average Bonchev–Trinajstić information content (AvgIpc) is 3.17. The molecule has 1 aromatic heterocycles. The van der Waals surface area contributed by atoms with Gasteiger partial charge in [0.15, 0.2) is 5.78 Å². The van der Waals surface area contributed by atoms with Gasteiger partial charge in [-0.1, -0.05) is 0 Å². The molecule has 3 heterocycles. The predicted octanol–water partition coefficient (Wildman–Crippen LogP) is 1.16. The van der Waals surface area contributed by atoms with Gasteiger partial charge in [-0.15, -0.1) is 0 Å². The van der Waals surface area contributed by atoms with Crippen LogP contribution < -0.4 is 0 Å². The molecule has 0 bridgehead atoms. The van der Waals surface area contributed by atoms with Crippen LogP contribution in [0, 0.1) is 0 Å². The molecule has 0 unspecified atom stereocenters. The number of Topliss-reactive ketones (excluding diaryl/α,β-unsaturated/α-hetero) is 1. The van der Waals surface area contributed by atoms with Crippen molar-refractivity contribution < 1.29 is 14.3 Å². The highest BCUT2D eigenvalue weighted by molar-refractivity contribution is 5.99. The first-order valence-electron chi connectivity index (χ1n) is 8.35. The van der Waals surface area contributed by atoms with Crippen LogP contribution in [0.4, 0.5) is 0 Å². The maximum atomic E-state index is 12.7. The highest BCUT2D eigenvalue weighted by Crippen LogP contribution is 2.16. The SMILES string of the molecule is CC(=O)c1cc(C(=O)N2CCN(C[C@H]3CCCO3)CC2)n(C)c1. The molecule has 2 aliphatic rings. The number of ketones is 1. The zero-order valence-corrected chi connectivity index (χ0v) is 14.0. The number of carbonyl (C=O) groups is 2. The Hall–Kier alpha value is -1.66. The molecule has 6 heteroatoms. The number of hydrogen-bond donors (Lipinski definition) is 0. The van der Waals surface area contributed by atoms with E-state index in [4.69, 9.17) is 4.74 Å². The molecule has 0 spiro atoms. The second kappa shape index (κ2) is 6.84. The minimum absolute atomic E-state index is 0.0109. The van der Waals surface area contributed by atoms with Gasteiger partial charge in [0.05, 0.1) is 6.10 Å². The van der Waals surface area contributed by atoms with Gasteiger partial charge in [-0.3, -0.25) is 14.5 Å². The first-order chi connectivity index (χ1) is 11.0. The molecule has 0 aliphatic carbocycles. The van der Waals surface area contributed by atoms with Crippen molar-refractivity contribution in [3.63, 3.8) is 0 Å². The van der Waals surface area contributed by atoms with Gasteiger partial charge in [-0.2, -0.15) is 0 Å². The van der Waals surface area contributed by atoms with Crippen molar-refractivity contribution in [1.29, 1.82) is 0 Å². The van der Waals surface area contributed by atoms with Gasteiger partial charge in [0.25, 0.3) is 5.91 Å². The first-order valence-corrected chi connectivity index (χ1v) is 8.35. The second-order valence-electron chi connectivity index (χ2n) is 6.51. The van der Waals surface area contributed by atoms with Crippen molar-refractivity contribution in [2.75, 3.05) is 39.3 Å². The summed E-state index contributed by atoms with van der Waals surface area (Å²) in [6, 6.07) is 1.70. The molecule has 2 aliphatic heterocycles. The molecular formula is C17H25N3O3. The molecule has 2 saturated heterocycles. The summed E-state index contributed by atoms with van der Waals surface area (Å²) in [4.78, 5) is 28.4. The van der Waals surface area contributed by atoms with E-state index >= 15 is 0 Å². The molecule has 0 aromatic carbocycles. The fraction of sp³-hybridized carbons (Fsp3) is 0.647. The number of aryl methyl sites for hydroxylation is 1. The predicted molar refractivity (Wildman–Crippen MR) is 86.7 cm³/mol. The van der Waals surface area contributed by atoms with Crippen LogP contribution in [0.2, 0.25) is 0 Å². The second-order valence-corrected chi connectivity index (χ2v) is 6.51. The number of carbonyl (C=O) groups excluding carboxylic acids is 2. The van der Waals surface area contributed by atoms with Crippen LogP contribution in [-0.2, 0) is 11.8 Å². The summed E-state index contributed by atoms with van der Waals surface area (Å²) >= 11 is 0. The van der Waals surface area contributed by atoms with Gasteiger partial charge in [0.1, 0.15) is 5.69 Å². The zero-order valence-electron chi connectivity index (χ0n) is 14.0. The first kappa shape index (κ1) is 16.2. The molecule has 0 N–H and O–H groups in total. The van der Waals surface area contributed by atoms with E-state index in [2.05, 4.69) is 4.90 Å². The van der Waals surface area contributed by atoms with E-state index in [0.29, 0.717) is 17.4 Å². The Balaban J connectivity index is 1.56. The number of aromatic nitrogens is 1. The van der Waals surface area contributed by atoms with Gasteiger partial charge < -0.3 is 14.2 Å².